The number of nitrogens with one attached hydrogen (secondary N) is 1. The molecule has 19 heavy (non-hydrogen) atoms. The van der Waals surface area contributed by atoms with Gasteiger partial charge in [0.2, 0.25) is 0 Å². The molecule has 2 aromatic rings. The van der Waals surface area contributed by atoms with Crippen molar-refractivity contribution in [2.75, 3.05) is 6.54 Å². The third-order valence-corrected chi connectivity index (χ3v) is 4.66. The zero-order chi connectivity index (χ0) is 13.5. The van der Waals surface area contributed by atoms with Crippen LogP contribution in [0.1, 0.15) is 38.3 Å². The van der Waals surface area contributed by atoms with Crippen LogP contribution in [0.25, 0.3) is 0 Å². The van der Waals surface area contributed by atoms with Crippen molar-refractivity contribution in [1.82, 2.24) is 15.5 Å². The van der Waals surface area contributed by atoms with Crippen molar-refractivity contribution in [3.05, 3.63) is 35.3 Å². The van der Waals surface area contributed by atoms with Crippen LogP contribution in [-0.4, -0.2) is 16.7 Å². The van der Waals surface area contributed by atoms with Crippen LogP contribution < -0.4 is 5.32 Å². The topological polar surface area (TPSA) is 37.8 Å². The standard InChI is InChI=1S/C14H19N3S2/c1-3-9-15-13(4-2)11-5-7-12(8-6-11)19-14-17-16-10-18-14/h5-8,10,13,15H,3-4,9H2,1-2H3. The van der Waals surface area contributed by atoms with Gasteiger partial charge in [-0.15, -0.1) is 10.2 Å². The summed E-state index contributed by atoms with van der Waals surface area (Å²) in [5.74, 6) is 0. The van der Waals surface area contributed by atoms with Crippen molar-refractivity contribution in [3.63, 3.8) is 0 Å². The van der Waals surface area contributed by atoms with E-state index in [0.717, 1.165) is 17.3 Å². The molecule has 5 heteroatoms. The van der Waals surface area contributed by atoms with Crippen molar-refractivity contribution in [2.45, 2.75) is 42.0 Å². The highest BCUT2D eigenvalue weighted by molar-refractivity contribution is 8.01. The van der Waals surface area contributed by atoms with E-state index in [4.69, 9.17) is 0 Å². The fourth-order valence-electron chi connectivity index (χ4n) is 1.89. The Morgan fingerprint density at radius 2 is 2.05 bits per heavy atom. The highest BCUT2D eigenvalue weighted by Gasteiger charge is 2.08. The molecule has 0 aliphatic carbocycles. The third-order valence-electron chi connectivity index (χ3n) is 2.88. The smallest absolute Gasteiger partial charge is 0.178 e. The lowest BCUT2D eigenvalue weighted by molar-refractivity contribution is 0.518. The number of hydrogen-bond donors (Lipinski definition) is 1. The molecule has 0 aliphatic heterocycles. The van der Waals surface area contributed by atoms with E-state index in [1.807, 2.05) is 0 Å². The zero-order valence-corrected chi connectivity index (χ0v) is 12.9. The molecule has 0 bridgehead atoms. The molecule has 3 nitrogen and oxygen atoms in total. The Balaban J connectivity index is 2.00. The van der Waals surface area contributed by atoms with Gasteiger partial charge in [-0.25, -0.2) is 0 Å². The van der Waals surface area contributed by atoms with Gasteiger partial charge in [-0.05, 0) is 37.1 Å². The monoisotopic (exact) mass is 293 g/mol. The Bertz CT molecular complexity index is 468. The van der Waals surface area contributed by atoms with E-state index < -0.39 is 0 Å². The van der Waals surface area contributed by atoms with Crippen LogP contribution in [0.4, 0.5) is 0 Å². The second-order valence-corrected chi connectivity index (χ2v) is 6.44. The molecule has 1 unspecified atom stereocenters. The molecule has 102 valence electrons. The first-order chi connectivity index (χ1) is 9.33. The zero-order valence-electron chi connectivity index (χ0n) is 11.3. The number of nitrogens with zero attached hydrogens (tertiary/aromatic N) is 2. The second-order valence-electron chi connectivity index (χ2n) is 4.29. The summed E-state index contributed by atoms with van der Waals surface area (Å²) in [5.41, 5.74) is 3.12. The van der Waals surface area contributed by atoms with Gasteiger partial charge in [0.1, 0.15) is 5.51 Å². The lowest BCUT2D eigenvalue weighted by Crippen LogP contribution is -2.21. The van der Waals surface area contributed by atoms with Crippen LogP contribution in [0, 0.1) is 0 Å². The fourth-order valence-corrected chi connectivity index (χ4v) is 3.34. The Labute approximate surface area is 122 Å². The summed E-state index contributed by atoms with van der Waals surface area (Å²) in [7, 11) is 0. The Hall–Kier alpha value is -0.910. The SMILES string of the molecule is CCCNC(CC)c1ccc(Sc2nncs2)cc1. The van der Waals surface area contributed by atoms with Gasteiger partial charge in [0, 0.05) is 10.9 Å². The van der Waals surface area contributed by atoms with Crippen molar-refractivity contribution in [3.8, 4) is 0 Å². The normalized spacial score (nSPS) is 12.5. The van der Waals surface area contributed by atoms with Crippen LogP contribution in [0.3, 0.4) is 0 Å². The maximum atomic E-state index is 4.04. The average molecular weight is 293 g/mol. The van der Waals surface area contributed by atoms with Crippen molar-refractivity contribution in [2.24, 2.45) is 0 Å². The second kappa shape index (κ2) is 7.62. The maximum Gasteiger partial charge on any atom is 0.178 e. The summed E-state index contributed by atoms with van der Waals surface area (Å²) in [6, 6.07) is 9.20. The molecule has 0 spiro atoms. The van der Waals surface area contributed by atoms with Crippen molar-refractivity contribution < 1.29 is 0 Å². The first-order valence-electron chi connectivity index (χ1n) is 6.60. The van der Waals surface area contributed by atoms with E-state index in [1.165, 1.54) is 16.9 Å². The molecule has 0 saturated heterocycles. The number of benzene rings is 1. The van der Waals surface area contributed by atoms with Crippen molar-refractivity contribution >= 4 is 23.1 Å². The van der Waals surface area contributed by atoms with Gasteiger partial charge in [-0.3, -0.25) is 0 Å². The molecule has 0 fully saturated rings. The fraction of sp³-hybridized carbons (Fsp3) is 0.429. The predicted octanol–water partition coefficient (Wildman–Crippen LogP) is 4.14. The minimum absolute atomic E-state index is 0.459. The summed E-state index contributed by atoms with van der Waals surface area (Å²) < 4.78 is 0.990. The minimum atomic E-state index is 0.459. The van der Waals surface area contributed by atoms with Crippen LogP contribution >= 0.6 is 23.1 Å². The van der Waals surface area contributed by atoms with Gasteiger partial charge < -0.3 is 5.32 Å². The first kappa shape index (κ1) is 14.5. The largest absolute Gasteiger partial charge is 0.310 e. The molecular weight excluding hydrogens is 274 g/mol. The summed E-state index contributed by atoms with van der Waals surface area (Å²) in [6.45, 7) is 5.48. The van der Waals surface area contributed by atoms with Gasteiger partial charge >= 0.3 is 0 Å². The molecular formula is C14H19N3S2. The van der Waals surface area contributed by atoms with Gasteiger partial charge in [-0.1, -0.05) is 49.1 Å². The maximum absolute atomic E-state index is 4.04. The molecule has 0 aliphatic rings. The van der Waals surface area contributed by atoms with Gasteiger partial charge in [0.15, 0.2) is 4.34 Å². The average Bonchev–Trinajstić information content (AvgIpc) is 2.94. The first-order valence-corrected chi connectivity index (χ1v) is 8.30. The molecule has 1 N–H and O–H groups in total. The van der Waals surface area contributed by atoms with Gasteiger partial charge in [0.25, 0.3) is 0 Å². The van der Waals surface area contributed by atoms with E-state index >= 15 is 0 Å². The molecule has 1 heterocycles. The van der Waals surface area contributed by atoms with E-state index in [9.17, 15) is 0 Å². The van der Waals surface area contributed by atoms with E-state index in [-0.39, 0.29) is 0 Å². The molecule has 1 aromatic carbocycles. The summed E-state index contributed by atoms with van der Waals surface area (Å²) in [5, 5.41) is 11.5. The van der Waals surface area contributed by atoms with Crippen molar-refractivity contribution in [1.29, 1.82) is 0 Å². The minimum Gasteiger partial charge on any atom is -0.310 e. The molecule has 1 aromatic heterocycles. The lowest BCUT2D eigenvalue weighted by Gasteiger charge is -2.17. The third kappa shape index (κ3) is 4.30. The number of hydrogen-bond acceptors (Lipinski definition) is 5. The van der Waals surface area contributed by atoms with E-state index in [1.54, 1.807) is 28.6 Å². The van der Waals surface area contributed by atoms with Crippen LogP contribution in [0.5, 0.6) is 0 Å². The Morgan fingerprint density at radius 1 is 1.26 bits per heavy atom. The predicted molar refractivity (Wildman–Crippen MR) is 81.8 cm³/mol. The molecule has 0 amide bonds. The Morgan fingerprint density at radius 3 is 2.63 bits per heavy atom. The van der Waals surface area contributed by atoms with Gasteiger partial charge in [-0.2, -0.15) is 0 Å². The number of rotatable bonds is 7. The van der Waals surface area contributed by atoms with E-state index in [0.29, 0.717) is 6.04 Å². The molecule has 0 radical (unpaired) electrons. The Kier molecular flexibility index (Phi) is 5.82. The van der Waals surface area contributed by atoms with Crippen LogP contribution in [0.2, 0.25) is 0 Å². The molecule has 2 rings (SSSR count). The quantitative estimate of drug-likeness (QED) is 0.832. The number of aromatic nitrogens is 2. The highest BCUT2D eigenvalue weighted by Crippen LogP contribution is 2.29. The summed E-state index contributed by atoms with van der Waals surface area (Å²) in [4.78, 5) is 1.21. The molecule has 0 saturated carbocycles. The lowest BCUT2D eigenvalue weighted by atomic mass is 10.0. The summed E-state index contributed by atoms with van der Waals surface area (Å²) >= 11 is 3.24. The van der Waals surface area contributed by atoms with E-state index in [2.05, 4.69) is 53.6 Å². The molecule has 1 atom stereocenters. The van der Waals surface area contributed by atoms with Crippen LogP contribution in [-0.2, 0) is 0 Å². The summed E-state index contributed by atoms with van der Waals surface area (Å²) in [6.07, 6.45) is 2.28. The van der Waals surface area contributed by atoms with Crippen LogP contribution in [0.15, 0.2) is 39.0 Å². The highest BCUT2D eigenvalue weighted by atomic mass is 32.2. The van der Waals surface area contributed by atoms with Gasteiger partial charge in [0.05, 0.1) is 0 Å².